The van der Waals surface area contributed by atoms with Crippen molar-refractivity contribution in [3.8, 4) is 17.1 Å². The smallest absolute Gasteiger partial charge is 0.314 e. The quantitative estimate of drug-likeness (QED) is 0.306. The topological polar surface area (TPSA) is 52.1 Å². The first-order valence-electron chi connectivity index (χ1n) is 13.3. The van der Waals surface area contributed by atoms with E-state index in [4.69, 9.17) is 4.74 Å². The SMILES string of the molecule is CCC[C@H]1CC[C@H](C(=O)Oc2ccc(-c3ncc([C@H]4CC[C@H](CCC)CC4)cn3)cc2)CC1. The second kappa shape index (κ2) is 11.8. The normalized spacial score (nSPS) is 25.5. The first-order valence-corrected chi connectivity index (χ1v) is 13.3. The van der Waals surface area contributed by atoms with Crippen LogP contribution in [-0.4, -0.2) is 15.9 Å². The van der Waals surface area contributed by atoms with Crippen LogP contribution in [0.3, 0.4) is 0 Å². The standard InChI is InChI=1S/C29H40N2O2/c1-3-5-21-7-11-23(12-8-21)26-19-30-28(31-20-26)24-15-17-27(18-16-24)33-29(32)25-13-9-22(6-4-2)10-14-25/h15-23,25H,3-14H2,1-2H3/t21-,22-,23-,25-. The van der Waals surface area contributed by atoms with E-state index in [1.165, 1.54) is 56.9 Å². The molecule has 1 aromatic carbocycles. The Morgan fingerprint density at radius 1 is 0.818 bits per heavy atom. The second-order valence-corrected chi connectivity index (χ2v) is 10.3. The van der Waals surface area contributed by atoms with Crippen LogP contribution in [0.15, 0.2) is 36.7 Å². The lowest BCUT2D eigenvalue weighted by Gasteiger charge is -2.28. The highest BCUT2D eigenvalue weighted by molar-refractivity contribution is 5.75. The summed E-state index contributed by atoms with van der Waals surface area (Å²) in [7, 11) is 0. The highest BCUT2D eigenvalue weighted by Crippen LogP contribution is 2.37. The van der Waals surface area contributed by atoms with Crippen molar-refractivity contribution in [3.05, 3.63) is 42.2 Å². The molecule has 2 aliphatic carbocycles. The summed E-state index contributed by atoms with van der Waals surface area (Å²) in [5, 5.41) is 0. The van der Waals surface area contributed by atoms with Gasteiger partial charge in [-0.05, 0) is 98.9 Å². The van der Waals surface area contributed by atoms with Gasteiger partial charge in [0.05, 0.1) is 5.92 Å². The molecular weight excluding hydrogens is 408 g/mol. The van der Waals surface area contributed by atoms with Gasteiger partial charge in [0, 0.05) is 18.0 Å². The lowest BCUT2D eigenvalue weighted by Crippen LogP contribution is -2.25. The van der Waals surface area contributed by atoms with Crippen molar-refractivity contribution in [1.82, 2.24) is 9.97 Å². The Bertz CT molecular complexity index is 861. The highest BCUT2D eigenvalue weighted by Gasteiger charge is 2.27. The lowest BCUT2D eigenvalue weighted by atomic mass is 9.78. The van der Waals surface area contributed by atoms with Gasteiger partial charge >= 0.3 is 5.97 Å². The Morgan fingerprint density at radius 2 is 1.36 bits per heavy atom. The van der Waals surface area contributed by atoms with Gasteiger partial charge in [-0.25, -0.2) is 9.97 Å². The Kier molecular flexibility index (Phi) is 8.52. The van der Waals surface area contributed by atoms with Gasteiger partial charge in [-0.1, -0.05) is 39.5 Å². The van der Waals surface area contributed by atoms with Crippen LogP contribution >= 0.6 is 0 Å². The van der Waals surface area contributed by atoms with Crippen molar-refractivity contribution in [2.24, 2.45) is 17.8 Å². The summed E-state index contributed by atoms with van der Waals surface area (Å²) in [5.74, 6) is 3.62. The molecule has 178 valence electrons. The summed E-state index contributed by atoms with van der Waals surface area (Å²) in [6.45, 7) is 4.52. The van der Waals surface area contributed by atoms with Gasteiger partial charge in [-0.15, -0.1) is 0 Å². The van der Waals surface area contributed by atoms with Crippen LogP contribution in [0.2, 0.25) is 0 Å². The van der Waals surface area contributed by atoms with Crippen LogP contribution in [0.1, 0.15) is 102 Å². The fourth-order valence-corrected chi connectivity index (χ4v) is 5.86. The third-order valence-electron chi connectivity index (χ3n) is 7.89. The number of nitrogens with zero attached hydrogens (tertiary/aromatic N) is 2. The molecule has 33 heavy (non-hydrogen) atoms. The summed E-state index contributed by atoms with van der Waals surface area (Å²) < 4.78 is 5.68. The fourth-order valence-electron chi connectivity index (χ4n) is 5.86. The molecule has 0 spiro atoms. The molecular formula is C29H40N2O2. The lowest BCUT2D eigenvalue weighted by molar-refractivity contribution is -0.140. The third kappa shape index (κ3) is 6.43. The number of hydrogen-bond donors (Lipinski definition) is 0. The minimum atomic E-state index is -0.0769. The Morgan fingerprint density at radius 3 is 1.91 bits per heavy atom. The molecule has 4 heteroatoms. The van der Waals surface area contributed by atoms with Crippen molar-refractivity contribution in [3.63, 3.8) is 0 Å². The van der Waals surface area contributed by atoms with Crippen LogP contribution in [0.4, 0.5) is 0 Å². The zero-order valence-corrected chi connectivity index (χ0v) is 20.5. The van der Waals surface area contributed by atoms with Crippen molar-refractivity contribution < 1.29 is 9.53 Å². The third-order valence-corrected chi connectivity index (χ3v) is 7.89. The number of esters is 1. The maximum Gasteiger partial charge on any atom is 0.314 e. The summed E-state index contributed by atoms with van der Waals surface area (Å²) in [4.78, 5) is 21.9. The van der Waals surface area contributed by atoms with E-state index in [2.05, 4.69) is 23.8 Å². The van der Waals surface area contributed by atoms with E-state index in [0.717, 1.165) is 48.9 Å². The number of benzene rings is 1. The van der Waals surface area contributed by atoms with E-state index in [9.17, 15) is 4.79 Å². The average molecular weight is 449 g/mol. The minimum absolute atomic E-state index is 0.0469. The van der Waals surface area contributed by atoms with Gasteiger partial charge in [0.15, 0.2) is 5.82 Å². The number of carbonyl (C=O) groups is 1. The summed E-state index contributed by atoms with van der Waals surface area (Å²) in [5.41, 5.74) is 2.22. The molecule has 0 unspecified atom stereocenters. The molecule has 1 aromatic heterocycles. The number of ether oxygens (including phenoxy) is 1. The molecule has 0 N–H and O–H groups in total. The molecule has 0 atom stereocenters. The van der Waals surface area contributed by atoms with Gasteiger partial charge in [0.25, 0.3) is 0 Å². The van der Waals surface area contributed by atoms with E-state index in [0.29, 0.717) is 11.7 Å². The van der Waals surface area contributed by atoms with Gasteiger partial charge in [0.2, 0.25) is 0 Å². The maximum absolute atomic E-state index is 12.6. The van der Waals surface area contributed by atoms with Crippen molar-refractivity contribution in [2.75, 3.05) is 0 Å². The molecule has 0 saturated heterocycles. The molecule has 0 amide bonds. The van der Waals surface area contributed by atoms with E-state index >= 15 is 0 Å². The molecule has 4 nitrogen and oxygen atoms in total. The number of aromatic nitrogens is 2. The minimum Gasteiger partial charge on any atom is -0.426 e. The van der Waals surface area contributed by atoms with Gasteiger partial charge < -0.3 is 4.74 Å². The van der Waals surface area contributed by atoms with Crippen molar-refractivity contribution >= 4 is 5.97 Å². The van der Waals surface area contributed by atoms with Crippen molar-refractivity contribution in [1.29, 1.82) is 0 Å². The largest absolute Gasteiger partial charge is 0.426 e. The molecule has 0 aliphatic heterocycles. The summed E-state index contributed by atoms with van der Waals surface area (Å²) in [6, 6.07) is 7.63. The Balaban J connectivity index is 1.29. The Labute approximate surface area is 199 Å². The van der Waals surface area contributed by atoms with Gasteiger partial charge in [-0.3, -0.25) is 4.79 Å². The summed E-state index contributed by atoms with van der Waals surface area (Å²) >= 11 is 0. The van der Waals surface area contributed by atoms with Gasteiger partial charge in [0.1, 0.15) is 5.75 Å². The Hall–Kier alpha value is -2.23. The van der Waals surface area contributed by atoms with E-state index in [1.54, 1.807) is 0 Å². The molecule has 0 radical (unpaired) electrons. The number of hydrogen-bond acceptors (Lipinski definition) is 4. The maximum atomic E-state index is 12.6. The fraction of sp³-hybridized carbons (Fsp3) is 0.621. The molecule has 2 fully saturated rings. The van der Waals surface area contributed by atoms with Crippen LogP contribution in [0.25, 0.3) is 11.4 Å². The van der Waals surface area contributed by atoms with Crippen molar-refractivity contribution in [2.45, 2.75) is 96.8 Å². The molecule has 4 rings (SSSR count). The zero-order chi connectivity index (χ0) is 23.0. The number of carbonyl (C=O) groups excluding carboxylic acids is 1. The van der Waals surface area contributed by atoms with Crippen LogP contribution in [0.5, 0.6) is 5.75 Å². The molecule has 2 aromatic rings. The van der Waals surface area contributed by atoms with Crippen LogP contribution in [-0.2, 0) is 4.79 Å². The van der Waals surface area contributed by atoms with E-state index < -0.39 is 0 Å². The molecule has 2 aliphatic rings. The highest BCUT2D eigenvalue weighted by atomic mass is 16.5. The predicted octanol–water partition coefficient (Wildman–Crippen LogP) is 7.73. The molecule has 1 heterocycles. The predicted molar refractivity (Wildman–Crippen MR) is 133 cm³/mol. The monoisotopic (exact) mass is 448 g/mol. The first kappa shape index (κ1) is 23.9. The summed E-state index contributed by atoms with van der Waals surface area (Å²) in [6.07, 6.45) is 18.6. The second-order valence-electron chi connectivity index (χ2n) is 10.3. The molecule has 0 bridgehead atoms. The van der Waals surface area contributed by atoms with E-state index in [-0.39, 0.29) is 11.9 Å². The van der Waals surface area contributed by atoms with Crippen LogP contribution < -0.4 is 4.74 Å². The molecule has 2 saturated carbocycles. The average Bonchev–Trinajstić information content (AvgIpc) is 2.86. The van der Waals surface area contributed by atoms with Crippen LogP contribution in [0, 0.1) is 17.8 Å². The zero-order valence-electron chi connectivity index (χ0n) is 20.5. The first-order chi connectivity index (χ1) is 16.2. The van der Waals surface area contributed by atoms with E-state index in [1.807, 2.05) is 36.7 Å². The van der Waals surface area contributed by atoms with Gasteiger partial charge in [-0.2, -0.15) is 0 Å². The number of rotatable bonds is 8.